The summed E-state index contributed by atoms with van der Waals surface area (Å²) in [6, 6.07) is 0. The van der Waals surface area contributed by atoms with E-state index in [9.17, 15) is 0 Å². The van der Waals surface area contributed by atoms with Crippen LogP contribution in [0.5, 0.6) is 0 Å². The molecule has 3 nitrogen and oxygen atoms in total. The van der Waals surface area contributed by atoms with Crippen LogP contribution >= 0.6 is 0 Å². The second-order valence-electron chi connectivity index (χ2n) is 6.40. The summed E-state index contributed by atoms with van der Waals surface area (Å²) in [7, 11) is 0. The SMILES string of the molecule is CCOC1CCCN(CC2(C(C)C)CCNC2)C1. The first-order chi connectivity index (χ1) is 8.66. The van der Waals surface area contributed by atoms with Gasteiger partial charge in [-0.25, -0.2) is 0 Å². The van der Waals surface area contributed by atoms with E-state index in [-0.39, 0.29) is 0 Å². The van der Waals surface area contributed by atoms with Gasteiger partial charge in [-0.05, 0) is 50.6 Å². The first-order valence-corrected chi connectivity index (χ1v) is 7.71. The summed E-state index contributed by atoms with van der Waals surface area (Å²) in [6.45, 7) is 13.8. The van der Waals surface area contributed by atoms with Crippen LogP contribution in [-0.2, 0) is 4.74 Å². The minimum atomic E-state index is 0.474. The third-order valence-electron chi connectivity index (χ3n) is 4.90. The molecule has 0 amide bonds. The second-order valence-corrected chi connectivity index (χ2v) is 6.40. The van der Waals surface area contributed by atoms with E-state index < -0.39 is 0 Å². The zero-order valence-electron chi connectivity index (χ0n) is 12.4. The molecule has 0 spiro atoms. The van der Waals surface area contributed by atoms with Gasteiger partial charge in [-0.15, -0.1) is 0 Å². The summed E-state index contributed by atoms with van der Waals surface area (Å²) in [5.41, 5.74) is 0.494. The number of ether oxygens (including phenoxy) is 1. The van der Waals surface area contributed by atoms with Gasteiger partial charge in [-0.1, -0.05) is 13.8 Å². The van der Waals surface area contributed by atoms with E-state index in [0.717, 1.165) is 19.1 Å². The molecule has 18 heavy (non-hydrogen) atoms. The van der Waals surface area contributed by atoms with Gasteiger partial charge in [0.25, 0.3) is 0 Å². The zero-order chi connectivity index (χ0) is 13.0. The van der Waals surface area contributed by atoms with Crippen molar-refractivity contribution in [2.45, 2.75) is 46.1 Å². The smallest absolute Gasteiger partial charge is 0.0702 e. The molecule has 0 aromatic rings. The molecule has 2 aliphatic heterocycles. The van der Waals surface area contributed by atoms with E-state index in [1.807, 2.05) is 0 Å². The number of nitrogens with one attached hydrogen (secondary N) is 1. The third-order valence-corrected chi connectivity index (χ3v) is 4.90. The molecular formula is C15H30N2O. The van der Waals surface area contributed by atoms with Crippen molar-refractivity contribution >= 4 is 0 Å². The number of piperidine rings is 1. The average molecular weight is 254 g/mol. The Hall–Kier alpha value is -0.120. The summed E-state index contributed by atoms with van der Waals surface area (Å²) in [5, 5.41) is 3.56. The van der Waals surface area contributed by atoms with Crippen molar-refractivity contribution in [3.8, 4) is 0 Å². The summed E-state index contributed by atoms with van der Waals surface area (Å²) in [5.74, 6) is 0.764. The number of nitrogens with zero attached hydrogens (tertiary/aromatic N) is 1. The minimum absolute atomic E-state index is 0.474. The van der Waals surface area contributed by atoms with Crippen molar-refractivity contribution in [2.75, 3.05) is 39.3 Å². The fraction of sp³-hybridized carbons (Fsp3) is 1.00. The highest BCUT2D eigenvalue weighted by Crippen LogP contribution is 2.35. The summed E-state index contributed by atoms with van der Waals surface area (Å²) < 4.78 is 5.81. The molecule has 2 aliphatic rings. The van der Waals surface area contributed by atoms with Crippen LogP contribution in [0, 0.1) is 11.3 Å². The molecule has 0 aromatic carbocycles. The lowest BCUT2D eigenvalue weighted by Gasteiger charge is -2.41. The Morgan fingerprint density at radius 1 is 1.44 bits per heavy atom. The normalized spacial score (nSPS) is 34.3. The maximum Gasteiger partial charge on any atom is 0.0702 e. The monoisotopic (exact) mass is 254 g/mol. The summed E-state index contributed by atoms with van der Waals surface area (Å²) in [4.78, 5) is 2.65. The number of likely N-dealkylation sites (tertiary alicyclic amines) is 1. The van der Waals surface area contributed by atoms with Gasteiger partial charge < -0.3 is 15.0 Å². The largest absolute Gasteiger partial charge is 0.377 e. The highest BCUT2D eigenvalue weighted by atomic mass is 16.5. The molecule has 0 bridgehead atoms. The lowest BCUT2D eigenvalue weighted by molar-refractivity contribution is -0.0104. The van der Waals surface area contributed by atoms with E-state index in [0.29, 0.717) is 11.5 Å². The van der Waals surface area contributed by atoms with E-state index >= 15 is 0 Å². The maximum atomic E-state index is 5.81. The highest BCUT2D eigenvalue weighted by molar-refractivity contribution is 4.93. The first-order valence-electron chi connectivity index (χ1n) is 7.71. The molecule has 2 atom stereocenters. The molecule has 106 valence electrons. The van der Waals surface area contributed by atoms with Gasteiger partial charge in [0.1, 0.15) is 0 Å². The molecule has 1 N–H and O–H groups in total. The predicted molar refractivity (Wildman–Crippen MR) is 75.8 cm³/mol. The van der Waals surface area contributed by atoms with Crippen LogP contribution in [0.25, 0.3) is 0 Å². The molecule has 0 aliphatic carbocycles. The van der Waals surface area contributed by atoms with Crippen LogP contribution in [0.4, 0.5) is 0 Å². The minimum Gasteiger partial charge on any atom is -0.377 e. The Bertz CT molecular complexity index is 247. The molecule has 2 heterocycles. The van der Waals surface area contributed by atoms with Crippen LogP contribution < -0.4 is 5.32 Å². The van der Waals surface area contributed by atoms with Crippen LogP contribution in [0.3, 0.4) is 0 Å². The molecular weight excluding hydrogens is 224 g/mol. The topological polar surface area (TPSA) is 24.5 Å². The standard InChI is InChI=1S/C15H30N2O/c1-4-18-14-6-5-9-17(10-14)12-15(13(2)3)7-8-16-11-15/h13-14,16H,4-12H2,1-3H3. The van der Waals surface area contributed by atoms with Crippen molar-refractivity contribution in [3.63, 3.8) is 0 Å². The van der Waals surface area contributed by atoms with Gasteiger partial charge in [-0.3, -0.25) is 0 Å². The Morgan fingerprint density at radius 2 is 2.28 bits per heavy atom. The van der Waals surface area contributed by atoms with Crippen molar-refractivity contribution in [3.05, 3.63) is 0 Å². The van der Waals surface area contributed by atoms with Crippen LogP contribution in [0.1, 0.15) is 40.0 Å². The lowest BCUT2D eigenvalue weighted by atomic mass is 9.75. The van der Waals surface area contributed by atoms with Gasteiger partial charge in [0.05, 0.1) is 6.10 Å². The summed E-state index contributed by atoms with van der Waals surface area (Å²) >= 11 is 0. The average Bonchev–Trinajstić information content (AvgIpc) is 2.80. The van der Waals surface area contributed by atoms with E-state index in [2.05, 4.69) is 31.0 Å². The molecule has 2 unspecified atom stereocenters. The van der Waals surface area contributed by atoms with Crippen LogP contribution in [0.2, 0.25) is 0 Å². The van der Waals surface area contributed by atoms with E-state index in [4.69, 9.17) is 4.74 Å². The lowest BCUT2D eigenvalue weighted by Crippen LogP contribution is -2.48. The Kier molecular flexibility index (Phi) is 5.05. The number of hydrogen-bond acceptors (Lipinski definition) is 3. The number of hydrogen-bond donors (Lipinski definition) is 1. The molecule has 3 heteroatoms. The van der Waals surface area contributed by atoms with Gasteiger partial charge >= 0.3 is 0 Å². The van der Waals surface area contributed by atoms with Crippen LogP contribution in [-0.4, -0.2) is 50.3 Å². The van der Waals surface area contributed by atoms with Crippen molar-refractivity contribution < 1.29 is 4.74 Å². The Labute approximate surface area is 112 Å². The van der Waals surface area contributed by atoms with Crippen LogP contribution in [0.15, 0.2) is 0 Å². The fourth-order valence-corrected chi connectivity index (χ4v) is 3.55. The van der Waals surface area contributed by atoms with Gasteiger partial charge in [-0.2, -0.15) is 0 Å². The first kappa shape index (κ1) is 14.3. The van der Waals surface area contributed by atoms with Crippen molar-refractivity contribution in [1.29, 1.82) is 0 Å². The molecule has 2 fully saturated rings. The zero-order valence-corrected chi connectivity index (χ0v) is 12.4. The summed E-state index contributed by atoms with van der Waals surface area (Å²) in [6.07, 6.45) is 4.35. The third kappa shape index (κ3) is 3.25. The van der Waals surface area contributed by atoms with Gasteiger partial charge in [0, 0.05) is 26.2 Å². The Balaban J connectivity index is 1.90. The molecule has 0 saturated carbocycles. The molecule has 2 saturated heterocycles. The van der Waals surface area contributed by atoms with Gasteiger partial charge in [0.15, 0.2) is 0 Å². The second kappa shape index (κ2) is 6.36. The maximum absolute atomic E-state index is 5.81. The van der Waals surface area contributed by atoms with E-state index in [1.54, 1.807) is 0 Å². The number of rotatable bonds is 5. The molecule has 2 rings (SSSR count). The van der Waals surface area contributed by atoms with Gasteiger partial charge in [0.2, 0.25) is 0 Å². The van der Waals surface area contributed by atoms with Crippen molar-refractivity contribution in [2.24, 2.45) is 11.3 Å². The fourth-order valence-electron chi connectivity index (χ4n) is 3.55. The molecule has 0 radical (unpaired) electrons. The quantitative estimate of drug-likeness (QED) is 0.813. The molecule has 0 aromatic heterocycles. The highest BCUT2D eigenvalue weighted by Gasteiger charge is 2.39. The van der Waals surface area contributed by atoms with Crippen molar-refractivity contribution in [1.82, 2.24) is 10.2 Å². The predicted octanol–water partition coefficient (Wildman–Crippen LogP) is 2.12. The Morgan fingerprint density at radius 3 is 2.89 bits per heavy atom. The van der Waals surface area contributed by atoms with E-state index in [1.165, 1.54) is 45.4 Å².